The van der Waals surface area contributed by atoms with Crippen molar-refractivity contribution in [1.82, 2.24) is 15.0 Å². The third-order valence-corrected chi connectivity index (χ3v) is 4.60. The first-order valence-electron chi connectivity index (χ1n) is 4.63. The number of hydrogen-bond donors (Lipinski definition) is 2. The number of rotatable bonds is 6. The van der Waals surface area contributed by atoms with Crippen LogP contribution in [0.3, 0.4) is 0 Å². The van der Waals surface area contributed by atoms with Gasteiger partial charge in [-0.2, -0.15) is 0 Å². The van der Waals surface area contributed by atoms with Crippen molar-refractivity contribution in [3.8, 4) is 0 Å². The summed E-state index contributed by atoms with van der Waals surface area (Å²) in [5, 5.41) is 3.71. The lowest BCUT2D eigenvalue weighted by Gasteiger charge is -2.03. The Balaban J connectivity index is 0.00000225. The highest BCUT2D eigenvalue weighted by molar-refractivity contribution is 7.91. The lowest BCUT2D eigenvalue weighted by Crippen LogP contribution is -2.26. The third kappa shape index (κ3) is 4.75. The van der Waals surface area contributed by atoms with Crippen LogP contribution in [0.2, 0.25) is 0 Å². The van der Waals surface area contributed by atoms with Crippen LogP contribution >= 0.6 is 23.7 Å². The molecule has 2 N–H and O–H groups in total. The van der Waals surface area contributed by atoms with Gasteiger partial charge in [-0.05, 0) is 26.9 Å². The molecule has 1 aromatic rings. The molecular formula is C8H16ClN3O2S2. The third-order valence-electron chi connectivity index (χ3n) is 1.76. The molecule has 0 saturated carbocycles. The molecule has 0 atom stereocenters. The van der Waals surface area contributed by atoms with Gasteiger partial charge < -0.3 is 5.32 Å². The van der Waals surface area contributed by atoms with Crippen LogP contribution in [0, 0.1) is 6.92 Å². The van der Waals surface area contributed by atoms with Crippen LogP contribution in [0.5, 0.6) is 0 Å². The molecule has 0 aliphatic rings. The van der Waals surface area contributed by atoms with Crippen molar-refractivity contribution >= 4 is 33.8 Å². The average Bonchev–Trinajstić information content (AvgIpc) is 2.60. The van der Waals surface area contributed by atoms with Gasteiger partial charge in [0.2, 0.25) is 0 Å². The van der Waals surface area contributed by atoms with Crippen LogP contribution in [0.15, 0.2) is 10.4 Å². The van der Waals surface area contributed by atoms with Crippen LogP contribution in [-0.4, -0.2) is 33.5 Å². The molecule has 0 spiro atoms. The zero-order valence-electron chi connectivity index (χ0n) is 9.19. The molecule has 0 aliphatic carbocycles. The van der Waals surface area contributed by atoms with Crippen molar-refractivity contribution in [2.45, 2.75) is 17.6 Å². The van der Waals surface area contributed by atoms with Crippen molar-refractivity contribution in [2.24, 2.45) is 0 Å². The van der Waals surface area contributed by atoms with Gasteiger partial charge in [0.15, 0.2) is 4.21 Å². The molecule has 0 saturated heterocycles. The van der Waals surface area contributed by atoms with Gasteiger partial charge in [-0.1, -0.05) is 0 Å². The molecule has 1 aromatic heterocycles. The smallest absolute Gasteiger partial charge is 0.251 e. The Hall–Kier alpha value is -0.210. The Labute approximate surface area is 106 Å². The molecule has 16 heavy (non-hydrogen) atoms. The minimum atomic E-state index is -3.34. The van der Waals surface area contributed by atoms with Crippen LogP contribution in [0.25, 0.3) is 0 Å². The predicted molar refractivity (Wildman–Crippen MR) is 67.8 cm³/mol. The second-order valence-corrected chi connectivity index (χ2v) is 6.28. The van der Waals surface area contributed by atoms with Crippen LogP contribution < -0.4 is 10.0 Å². The highest BCUT2D eigenvalue weighted by Crippen LogP contribution is 2.17. The fourth-order valence-electron chi connectivity index (χ4n) is 1.01. The monoisotopic (exact) mass is 285 g/mol. The maximum Gasteiger partial charge on any atom is 0.251 e. The lowest BCUT2D eigenvalue weighted by atomic mass is 10.4. The maximum atomic E-state index is 11.6. The normalized spacial score (nSPS) is 11.1. The van der Waals surface area contributed by atoms with Crippen molar-refractivity contribution < 1.29 is 8.42 Å². The van der Waals surface area contributed by atoms with E-state index in [4.69, 9.17) is 0 Å². The number of thiazole rings is 1. The first kappa shape index (κ1) is 15.8. The van der Waals surface area contributed by atoms with E-state index in [1.54, 1.807) is 6.92 Å². The number of aromatic nitrogens is 1. The number of hydrogen-bond acceptors (Lipinski definition) is 5. The summed E-state index contributed by atoms with van der Waals surface area (Å²) >= 11 is 1.18. The Morgan fingerprint density at radius 2 is 2.12 bits per heavy atom. The van der Waals surface area contributed by atoms with E-state index in [-0.39, 0.29) is 16.6 Å². The molecule has 0 radical (unpaired) electrons. The standard InChI is InChI=1S/C8H15N3O2S2.ClH/c1-7-10-6-8(14-7)15(12,13)11-5-3-4-9-2;/h6,9,11H,3-5H2,1-2H3;1H. The van der Waals surface area contributed by atoms with Gasteiger partial charge in [0.1, 0.15) is 0 Å². The minimum absolute atomic E-state index is 0. The summed E-state index contributed by atoms with van der Waals surface area (Å²) in [7, 11) is -1.51. The van der Waals surface area contributed by atoms with Crippen molar-refractivity contribution in [1.29, 1.82) is 0 Å². The minimum Gasteiger partial charge on any atom is -0.320 e. The zero-order valence-corrected chi connectivity index (χ0v) is 11.6. The van der Waals surface area contributed by atoms with Crippen LogP contribution in [0.1, 0.15) is 11.4 Å². The first-order valence-corrected chi connectivity index (χ1v) is 6.93. The Morgan fingerprint density at radius 1 is 1.44 bits per heavy atom. The molecule has 94 valence electrons. The molecule has 1 rings (SSSR count). The molecule has 5 nitrogen and oxygen atoms in total. The molecule has 0 unspecified atom stereocenters. The topological polar surface area (TPSA) is 71.1 Å². The van der Waals surface area contributed by atoms with Crippen molar-refractivity contribution in [2.75, 3.05) is 20.1 Å². The molecule has 0 bridgehead atoms. The fraction of sp³-hybridized carbons (Fsp3) is 0.625. The molecule has 0 aliphatic heterocycles. The van der Waals surface area contributed by atoms with Gasteiger partial charge in [0.25, 0.3) is 10.0 Å². The summed E-state index contributed by atoms with van der Waals surface area (Å²) < 4.78 is 26.1. The Kier molecular flexibility index (Phi) is 7.09. The molecule has 0 aromatic carbocycles. The van der Waals surface area contributed by atoms with Crippen molar-refractivity contribution in [3.05, 3.63) is 11.2 Å². The first-order chi connectivity index (χ1) is 7.06. The predicted octanol–water partition coefficient (Wildman–Crippen LogP) is 0.761. The number of sulfonamides is 1. The summed E-state index contributed by atoms with van der Waals surface area (Å²) in [6.45, 7) is 3.02. The maximum absolute atomic E-state index is 11.6. The summed E-state index contributed by atoms with van der Waals surface area (Å²) in [6.07, 6.45) is 2.16. The van der Waals surface area contributed by atoms with Gasteiger partial charge in [-0.25, -0.2) is 18.1 Å². The number of nitrogens with zero attached hydrogens (tertiary/aromatic N) is 1. The summed E-state index contributed by atoms with van der Waals surface area (Å²) in [5.41, 5.74) is 0. The summed E-state index contributed by atoms with van der Waals surface area (Å²) in [4.78, 5) is 3.91. The number of halogens is 1. The largest absolute Gasteiger partial charge is 0.320 e. The second-order valence-electron chi connectivity index (χ2n) is 3.05. The molecule has 8 heteroatoms. The molecule has 0 fully saturated rings. The van der Waals surface area contributed by atoms with Crippen LogP contribution in [0.4, 0.5) is 0 Å². The summed E-state index contributed by atoms with van der Waals surface area (Å²) in [6, 6.07) is 0. The molecule has 1 heterocycles. The van der Waals surface area contributed by atoms with E-state index in [1.165, 1.54) is 17.5 Å². The van der Waals surface area contributed by atoms with E-state index in [2.05, 4.69) is 15.0 Å². The van der Waals surface area contributed by atoms with Gasteiger partial charge in [0, 0.05) is 6.54 Å². The summed E-state index contributed by atoms with van der Waals surface area (Å²) in [5.74, 6) is 0. The lowest BCUT2D eigenvalue weighted by molar-refractivity contribution is 0.579. The quantitative estimate of drug-likeness (QED) is 0.757. The van der Waals surface area contributed by atoms with E-state index < -0.39 is 10.0 Å². The van der Waals surface area contributed by atoms with Gasteiger partial charge >= 0.3 is 0 Å². The Bertz CT molecular complexity index is 405. The van der Waals surface area contributed by atoms with E-state index in [0.29, 0.717) is 6.54 Å². The Morgan fingerprint density at radius 3 is 2.62 bits per heavy atom. The van der Waals surface area contributed by atoms with Crippen LogP contribution in [-0.2, 0) is 10.0 Å². The van der Waals surface area contributed by atoms with E-state index in [1.807, 2.05) is 7.05 Å². The highest BCUT2D eigenvalue weighted by Gasteiger charge is 2.15. The SMILES string of the molecule is CNCCCNS(=O)(=O)c1cnc(C)s1.Cl. The number of aryl methyl sites for hydroxylation is 1. The van der Waals surface area contributed by atoms with Gasteiger partial charge in [-0.15, -0.1) is 23.7 Å². The second kappa shape index (κ2) is 7.18. The van der Waals surface area contributed by atoms with Gasteiger partial charge in [0.05, 0.1) is 11.2 Å². The number of nitrogens with one attached hydrogen (secondary N) is 2. The van der Waals surface area contributed by atoms with Gasteiger partial charge in [-0.3, -0.25) is 0 Å². The highest BCUT2D eigenvalue weighted by atomic mass is 35.5. The fourth-order valence-corrected chi connectivity index (χ4v) is 3.24. The molecule has 0 amide bonds. The average molecular weight is 286 g/mol. The van der Waals surface area contributed by atoms with E-state index in [0.717, 1.165) is 18.0 Å². The zero-order chi connectivity index (χ0) is 11.3. The van der Waals surface area contributed by atoms with Crippen molar-refractivity contribution in [3.63, 3.8) is 0 Å². The van der Waals surface area contributed by atoms with E-state index >= 15 is 0 Å². The van der Waals surface area contributed by atoms with E-state index in [9.17, 15) is 8.42 Å². The molecular weight excluding hydrogens is 270 g/mol.